The maximum Gasteiger partial charge on any atom is 0.268 e. The molecule has 1 aromatic heterocycles. The van der Waals surface area contributed by atoms with E-state index >= 15 is 0 Å². The van der Waals surface area contributed by atoms with E-state index in [1.54, 1.807) is 31.4 Å². The predicted octanol–water partition coefficient (Wildman–Crippen LogP) is 3.26. The SMILES string of the molecule is COc1ccc(C(O)CNC(=O)c2[nH]c3ccc(C)cc3c2C)cc1. The highest BCUT2D eigenvalue weighted by Crippen LogP contribution is 2.23. The molecule has 0 aliphatic heterocycles. The number of amides is 1. The number of aromatic nitrogens is 1. The minimum absolute atomic E-state index is 0.138. The number of aliphatic hydroxyl groups excluding tert-OH is 1. The van der Waals surface area contributed by atoms with E-state index < -0.39 is 6.10 Å². The minimum atomic E-state index is -0.776. The van der Waals surface area contributed by atoms with Gasteiger partial charge in [0.05, 0.1) is 13.2 Å². The Hall–Kier alpha value is -2.79. The van der Waals surface area contributed by atoms with Crippen molar-refractivity contribution >= 4 is 16.8 Å². The highest BCUT2D eigenvalue weighted by Gasteiger charge is 2.16. The molecule has 3 rings (SSSR count). The summed E-state index contributed by atoms with van der Waals surface area (Å²) in [5, 5.41) is 14.1. The van der Waals surface area contributed by atoms with Gasteiger partial charge < -0.3 is 20.1 Å². The molecule has 0 bridgehead atoms. The first kappa shape index (κ1) is 17.0. The number of benzene rings is 2. The molecule has 5 heteroatoms. The van der Waals surface area contributed by atoms with Crippen molar-refractivity contribution in [2.45, 2.75) is 20.0 Å². The Morgan fingerprint density at radius 1 is 1.20 bits per heavy atom. The van der Waals surface area contributed by atoms with Gasteiger partial charge in [-0.15, -0.1) is 0 Å². The molecule has 1 amide bonds. The minimum Gasteiger partial charge on any atom is -0.497 e. The number of H-pyrrole nitrogens is 1. The van der Waals surface area contributed by atoms with E-state index in [-0.39, 0.29) is 12.5 Å². The van der Waals surface area contributed by atoms with Gasteiger partial charge in [0.1, 0.15) is 11.4 Å². The van der Waals surface area contributed by atoms with E-state index in [4.69, 9.17) is 4.74 Å². The molecule has 0 aliphatic rings. The number of aryl methyl sites for hydroxylation is 2. The van der Waals surface area contributed by atoms with Crippen LogP contribution in [0.1, 0.15) is 33.3 Å². The van der Waals surface area contributed by atoms with Crippen molar-refractivity contribution in [2.75, 3.05) is 13.7 Å². The maximum absolute atomic E-state index is 12.5. The summed E-state index contributed by atoms with van der Waals surface area (Å²) in [7, 11) is 1.59. The topological polar surface area (TPSA) is 74.3 Å². The lowest BCUT2D eigenvalue weighted by Crippen LogP contribution is -2.29. The lowest BCUT2D eigenvalue weighted by molar-refractivity contribution is 0.0911. The van der Waals surface area contributed by atoms with Gasteiger partial charge in [-0.1, -0.05) is 23.8 Å². The lowest BCUT2D eigenvalue weighted by Gasteiger charge is -2.12. The third-order valence-corrected chi connectivity index (χ3v) is 4.40. The lowest BCUT2D eigenvalue weighted by atomic mass is 10.1. The molecule has 3 N–H and O–H groups in total. The number of hydrogen-bond donors (Lipinski definition) is 3. The van der Waals surface area contributed by atoms with Gasteiger partial charge in [0.25, 0.3) is 5.91 Å². The van der Waals surface area contributed by atoms with Crippen molar-refractivity contribution in [1.29, 1.82) is 0 Å². The average molecular weight is 338 g/mol. The van der Waals surface area contributed by atoms with E-state index in [0.717, 1.165) is 33.3 Å². The number of hydrogen-bond acceptors (Lipinski definition) is 3. The van der Waals surface area contributed by atoms with Crippen molar-refractivity contribution in [3.63, 3.8) is 0 Å². The number of nitrogens with one attached hydrogen (secondary N) is 2. The van der Waals surface area contributed by atoms with E-state index in [2.05, 4.69) is 16.4 Å². The van der Waals surface area contributed by atoms with Crippen LogP contribution in [0.4, 0.5) is 0 Å². The highest BCUT2D eigenvalue weighted by atomic mass is 16.5. The molecule has 3 aromatic rings. The van der Waals surface area contributed by atoms with Gasteiger partial charge in [-0.3, -0.25) is 4.79 Å². The molecule has 1 unspecified atom stereocenters. The van der Waals surface area contributed by atoms with Crippen LogP contribution in [0.2, 0.25) is 0 Å². The Balaban J connectivity index is 1.70. The van der Waals surface area contributed by atoms with Crippen LogP contribution in [0, 0.1) is 13.8 Å². The number of aliphatic hydroxyl groups is 1. The zero-order valence-corrected chi connectivity index (χ0v) is 14.6. The predicted molar refractivity (Wildman–Crippen MR) is 98.1 cm³/mol. The van der Waals surface area contributed by atoms with Crippen LogP contribution < -0.4 is 10.1 Å². The summed E-state index contributed by atoms with van der Waals surface area (Å²) in [6, 6.07) is 13.2. The second-order valence-electron chi connectivity index (χ2n) is 6.17. The largest absolute Gasteiger partial charge is 0.497 e. The fraction of sp³-hybridized carbons (Fsp3) is 0.250. The van der Waals surface area contributed by atoms with Gasteiger partial charge in [0.2, 0.25) is 0 Å². The van der Waals surface area contributed by atoms with E-state index in [0.29, 0.717) is 5.69 Å². The van der Waals surface area contributed by atoms with Crippen LogP contribution in [0.25, 0.3) is 10.9 Å². The van der Waals surface area contributed by atoms with Gasteiger partial charge in [-0.2, -0.15) is 0 Å². The highest BCUT2D eigenvalue weighted by molar-refractivity contribution is 6.01. The number of carbonyl (C=O) groups excluding carboxylic acids is 1. The molecule has 0 spiro atoms. The molecule has 1 atom stereocenters. The zero-order chi connectivity index (χ0) is 18.0. The van der Waals surface area contributed by atoms with E-state index in [1.165, 1.54) is 0 Å². The normalized spacial score (nSPS) is 12.2. The zero-order valence-electron chi connectivity index (χ0n) is 14.6. The van der Waals surface area contributed by atoms with Crippen LogP contribution in [0.3, 0.4) is 0 Å². The summed E-state index contributed by atoms with van der Waals surface area (Å²) < 4.78 is 5.10. The molecule has 0 radical (unpaired) electrons. The second kappa shape index (κ2) is 6.99. The third-order valence-electron chi connectivity index (χ3n) is 4.40. The Kier molecular flexibility index (Phi) is 4.76. The van der Waals surface area contributed by atoms with Crippen molar-refractivity contribution in [2.24, 2.45) is 0 Å². The smallest absolute Gasteiger partial charge is 0.268 e. The van der Waals surface area contributed by atoms with Crippen LogP contribution in [0.15, 0.2) is 42.5 Å². The number of fused-ring (bicyclic) bond motifs is 1. The Labute approximate surface area is 146 Å². The fourth-order valence-corrected chi connectivity index (χ4v) is 2.89. The van der Waals surface area contributed by atoms with Crippen LogP contribution >= 0.6 is 0 Å². The van der Waals surface area contributed by atoms with Crippen LogP contribution in [0.5, 0.6) is 5.75 Å². The molecule has 0 aliphatic carbocycles. The van der Waals surface area contributed by atoms with Crippen molar-refractivity contribution in [3.8, 4) is 5.75 Å². The van der Waals surface area contributed by atoms with E-state index in [1.807, 2.05) is 26.0 Å². The first-order chi connectivity index (χ1) is 12.0. The van der Waals surface area contributed by atoms with Gasteiger partial charge >= 0.3 is 0 Å². The number of carbonyl (C=O) groups is 1. The summed E-state index contributed by atoms with van der Waals surface area (Å²) in [5.74, 6) is 0.503. The second-order valence-corrected chi connectivity index (χ2v) is 6.17. The van der Waals surface area contributed by atoms with Crippen molar-refractivity contribution < 1.29 is 14.6 Å². The van der Waals surface area contributed by atoms with Crippen molar-refractivity contribution in [3.05, 3.63) is 64.8 Å². The molecule has 2 aromatic carbocycles. The Morgan fingerprint density at radius 2 is 1.92 bits per heavy atom. The summed E-state index contributed by atoms with van der Waals surface area (Å²) in [6.45, 7) is 4.09. The van der Waals surface area contributed by atoms with Gasteiger partial charge in [-0.25, -0.2) is 0 Å². The Bertz CT molecular complexity index is 897. The van der Waals surface area contributed by atoms with Crippen molar-refractivity contribution in [1.82, 2.24) is 10.3 Å². The van der Waals surface area contributed by atoms with E-state index in [9.17, 15) is 9.90 Å². The first-order valence-corrected chi connectivity index (χ1v) is 8.18. The summed E-state index contributed by atoms with van der Waals surface area (Å²) in [4.78, 5) is 15.6. The van der Waals surface area contributed by atoms with Crippen LogP contribution in [-0.2, 0) is 0 Å². The monoisotopic (exact) mass is 338 g/mol. The average Bonchev–Trinajstić information content (AvgIpc) is 2.96. The third kappa shape index (κ3) is 3.51. The van der Waals surface area contributed by atoms with Crippen LogP contribution in [-0.4, -0.2) is 29.7 Å². The summed E-state index contributed by atoms with van der Waals surface area (Å²) >= 11 is 0. The molecule has 130 valence electrons. The maximum atomic E-state index is 12.5. The number of methoxy groups -OCH3 is 1. The fourth-order valence-electron chi connectivity index (χ4n) is 2.89. The number of aromatic amines is 1. The molecule has 0 saturated heterocycles. The standard InChI is InChI=1S/C20H22N2O3/c1-12-4-9-17-16(10-12)13(2)19(22-17)20(24)21-11-18(23)14-5-7-15(25-3)8-6-14/h4-10,18,22-23H,11H2,1-3H3,(H,21,24). The molecular formula is C20H22N2O3. The first-order valence-electron chi connectivity index (χ1n) is 8.18. The molecule has 1 heterocycles. The Morgan fingerprint density at radius 3 is 2.60 bits per heavy atom. The summed E-state index contributed by atoms with van der Waals surface area (Å²) in [5.41, 5.74) is 4.25. The summed E-state index contributed by atoms with van der Waals surface area (Å²) in [6.07, 6.45) is -0.776. The number of rotatable bonds is 5. The van der Waals surface area contributed by atoms with Gasteiger partial charge in [-0.05, 0) is 49.2 Å². The van der Waals surface area contributed by atoms with Gasteiger partial charge in [0, 0.05) is 17.4 Å². The quantitative estimate of drug-likeness (QED) is 0.668. The number of ether oxygens (including phenoxy) is 1. The van der Waals surface area contributed by atoms with Gasteiger partial charge in [0.15, 0.2) is 0 Å². The molecule has 5 nitrogen and oxygen atoms in total. The molecule has 25 heavy (non-hydrogen) atoms. The molecular weight excluding hydrogens is 316 g/mol. The molecule has 0 saturated carbocycles. The molecule has 0 fully saturated rings.